The summed E-state index contributed by atoms with van der Waals surface area (Å²) in [4.78, 5) is 8.42. The molecule has 0 aliphatic heterocycles. The van der Waals surface area contributed by atoms with Crippen molar-refractivity contribution in [1.29, 1.82) is 0 Å². The molecule has 2 aromatic heterocycles. The number of aliphatic hydroxyl groups is 1. The van der Waals surface area contributed by atoms with Gasteiger partial charge in [0.1, 0.15) is 10.7 Å². The Kier molecular flexibility index (Phi) is 3.00. The second kappa shape index (κ2) is 4.26. The van der Waals surface area contributed by atoms with Crippen molar-refractivity contribution in [1.82, 2.24) is 9.97 Å². The van der Waals surface area contributed by atoms with Crippen LogP contribution in [-0.2, 0) is 0 Å². The molecule has 2 heterocycles. The Morgan fingerprint density at radius 1 is 1.53 bits per heavy atom. The van der Waals surface area contributed by atoms with Gasteiger partial charge in [-0.15, -0.1) is 11.3 Å². The molecule has 5 heteroatoms. The first-order chi connectivity index (χ1) is 7.18. The molecular formula is C10H9ClN2OS. The van der Waals surface area contributed by atoms with Gasteiger partial charge in [-0.1, -0.05) is 11.6 Å². The molecule has 2 rings (SSSR count). The zero-order valence-corrected chi connectivity index (χ0v) is 9.59. The van der Waals surface area contributed by atoms with Crippen molar-refractivity contribution in [3.8, 4) is 10.7 Å². The number of rotatable bonds is 2. The van der Waals surface area contributed by atoms with Crippen LogP contribution in [0.25, 0.3) is 10.7 Å². The Bertz CT molecular complexity index is 470. The SMILES string of the molecule is CC(O)c1csc(-c2ncccc2Cl)n1. The van der Waals surface area contributed by atoms with Crippen molar-refractivity contribution in [3.63, 3.8) is 0 Å². The van der Waals surface area contributed by atoms with Crippen LogP contribution in [0, 0.1) is 0 Å². The van der Waals surface area contributed by atoms with E-state index >= 15 is 0 Å². The van der Waals surface area contributed by atoms with Gasteiger partial charge in [0.15, 0.2) is 0 Å². The fourth-order valence-electron chi connectivity index (χ4n) is 1.13. The first-order valence-electron chi connectivity index (χ1n) is 4.43. The van der Waals surface area contributed by atoms with Gasteiger partial charge in [0.05, 0.1) is 16.8 Å². The summed E-state index contributed by atoms with van der Waals surface area (Å²) in [6.45, 7) is 1.68. The zero-order valence-electron chi connectivity index (χ0n) is 8.01. The fraction of sp³-hybridized carbons (Fsp3) is 0.200. The van der Waals surface area contributed by atoms with Gasteiger partial charge in [0.25, 0.3) is 0 Å². The summed E-state index contributed by atoms with van der Waals surface area (Å²) in [6.07, 6.45) is 1.11. The number of aromatic nitrogens is 2. The van der Waals surface area contributed by atoms with Crippen molar-refractivity contribution in [3.05, 3.63) is 34.4 Å². The van der Waals surface area contributed by atoms with Crippen LogP contribution in [-0.4, -0.2) is 15.1 Å². The predicted molar refractivity (Wildman–Crippen MR) is 61.0 cm³/mol. The molecule has 0 aliphatic rings. The summed E-state index contributed by atoms with van der Waals surface area (Å²) in [5.41, 5.74) is 1.31. The van der Waals surface area contributed by atoms with Crippen molar-refractivity contribution in [2.75, 3.05) is 0 Å². The Morgan fingerprint density at radius 2 is 2.33 bits per heavy atom. The number of pyridine rings is 1. The predicted octanol–water partition coefficient (Wildman–Crippen LogP) is 2.91. The molecule has 0 bridgehead atoms. The lowest BCUT2D eigenvalue weighted by Crippen LogP contribution is -1.91. The number of thiazole rings is 1. The standard InChI is InChI=1S/C10H9ClN2OS/c1-6(14)8-5-15-10(13-8)9-7(11)3-2-4-12-9/h2-6,14H,1H3. The van der Waals surface area contributed by atoms with E-state index in [4.69, 9.17) is 11.6 Å². The Labute approximate surface area is 96.4 Å². The van der Waals surface area contributed by atoms with Crippen LogP contribution in [0.15, 0.2) is 23.7 Å². The molecule has 1 atom stereocenters. The van der Waals surface area contributed by atoms with E-state index in [0.29, 0.717) is 16.4 Å². The van der Waals surface area contributed by atoms with Gasteiger partial charge in [-0.2, -0.15) is 0 Å². The highest BCUT2D eigenvalue weighted by Gasteiger charge is 2.11. The molecule has 0 aromatic carbocycles. The van der Waals surface area contributed by atoms with Gasteiger partial charge in [0.2, 0.25) is 0 Å². The molecule has 0 saturated heterocycles. The highest BCUT2D eigenvalue weighted by Crippen LogP contribution is 2.29. The molecule has 0 radical (unpaired) electrons. The molecule has 78 valence electrons. The van der Waals surface area contributed by atoms with Crippen LogP contribution in [0.1, 0.15) is 18.7 Å². The van der Waals surface area contributed by atoms with Gasteiger partial charge >= 0.3 is 0 Å². The number of hydrogen-bond donors (Lipinski definition) is 1. The lowest BCUT2D eigenvalue weighted by Gasteiger charge is -1.98. The average Bonchev–Trinajstić information content (AvgIpc) is 2.67. The van der Waals surface area contributed by atoms with Crippen LogP contribution < -0.4 is 0 Å². The Morgan fingerprint density at radius 3 is 2.93 bits per heavy atom. The lowest BCUT2D eigenvalue weighted by atomic mass is 10.3. The molecular weight excluding hydrogens is 232 g/mol. The van der Waals surface area contributed by atoms with E-state index in [1.807, 2.05) is 5.38 Å². The van der Waals surface area contributed by atoms with Crippen LogP contribution >= 0.6 is 22.9 Å². The molecule has 0 saturated carbocycles. The van der Waals surface area contributed by atoms with Crippen molar-refractivity contribution in [2.45, 2.75) is 13.0 Å². The molecule has 0 spiro atoms. The highest BCUT2D eigenvalue weighted by molar-refractivity contribution is 7.13. The van der Waals surface area contributed by atoms with E-state index in [2.05, 4.69) is 9.97 Å². The number of nitrogens with zero attached hydrogens (tertiary/aromatic N) is 2. The Hall–Kier alpha value is -0.970. The molecule has 15 heavy (non-hydrogen) atoms. The summed E-state index contributed by atoms with van der Waals surface area (Å²) in [7, 11) is 0. The summed E-state index contributed by atoms with van der Waals surface area (Å²) >= 11 is 7.42. The van der Waals surface area contributed by atoms with E-state index in [-0.39, 0.29) is 0 Å². The largest absolute Gasteiger partial charge is 0.387 e. The zero-order chi connectivity index (χ0) is 10.8. The minimum absolute atomic E-state index is 0.558. The van der Waals surface area contributed by atoms with Crippen molar-refractivity contribution < 1.29 is 5.11 Å². The smallest absolute Gasteiger partial charge is 0.143 e. The monoisotopic (exact) mass is 240 g/mol. The van der Waals surface area contributed by atoms with Crippen LogP contribution in [0.5, 0.6) is 0 Å². The van der Waals surface area contributed by atoms with E-state index in [0.717, 1.165) is 5.01 Å². The van der Waals surface area contributed by atoms with Crippen molar-refractivity contribution in [2.24, 2.45) is 0 Å². The molecule has 1 unspecified atom stereocenters. The fourth-order valence-corrected chi connectivity index (χ4v) is 2.31. The van der Waals surface area contributed by atoms with Crippen LogP contribution in [0.4, 0.5) is 0 Å². The molecule has 0 amide bonds. The summed E-state index contributed by atoms with van der Waals surface area (Å²) in [5.74, 6) is 0. The minimum Gasteiger partial charge on any atom is -0.387 e. The normalized spacial score (nSPS) is 12.7. The summed E-state index contributed by atoms with van der Waals surface area (Å²) in [6, 6.07) is 3.54. The maximum atomic E-state index is 9.34. The van der Waals surface area contributed by atoms with Gasteiger partial charge < -0.3 is 5.11 Å². The van der Waals surface area contributed by atoms with E-state index in [1.165, 1.54) is 11.3 Å². The molecule has 2 aromatic rings. The Balaban J connectivity index is 2.42. The third-order valence-electron chi connectivity index (χ3n) is 1.91. The first-order valence-corrected chi connectivity index (χ1v) is 5.68. The second-order valence-corrected chi connectivity index (χ2v) is 4.35. The van der Waals surface area contributed by atoms with E-state index in [1.54, 1.807) is 25.3 Å². The molecule has 1 N–H and O–H groups in total. The van der Waals surface area contributed by atoms with Gasteiger partial charge in [0, 0.05) is 11.6 Å². The topological polar surface area (TPSA) is 46.0 Å². The summed E-state index contributed by atoms with van der Waals surface area (Å²) in [5, 5.41) is 12.5. The van der Waals surface area contributed by atoms with Gasteiger partial charge in [-0.25, -0.2) is 4.98 Å². The maximum Gasteiger partial charge on any atom is 0.143 e. The lowest BCUT2D eigenvalue weighted by molar-refractivity contribution is 0.195. The third kappa shape index (κ3) is 2.17. The molecule has 3 nitrogen and oxygen atoms in total. The highest BCUT2D eigenvalue weighted by atomic mass is 35.5. The van der Waals surface area contributed by atoms with Crippen LogP contribution in [0.2, 0.25) is 5.02 Å². The van der Waals surface area contributed by atoms with E-state index in [9.17, 15) is 5.11 Å². The summed E-state index contributed by atoms with van der Waals surface area (Å²) < 4.78 is 0. The molecule has 0 fully saturated rings. The van der Waals surface area contributed by atoms with Crippen LogP contribution in [0.3, 0.4) is 0 Å². The minimum atomic E-state index is -0.558. The third-order valence-corrected chi connectivity index (χ3v) is 3.08. The first kappa shape index (κ1) is 10.5. The number of aliphatic hydroxyl groups excluding tert-OH is 1. The maximum absolute atomic E-state index is 9.34. The number of halogens is 1. The number of hydrogen-bond acceptors (Lipinski definition) is 4. The average molecular weight is 241 g/mol. The van der Waals surface area contributed by atoms with Crippen molar-refractivity contribution >= 4 is 22.9 Å². The quantitative estimate of drug-likeness (QED) is 0.878. The second-order valence-electron chi connectivity index (χ2n) is 3.09. The van der Waals surface area contributed by atoms with Gasteiger partial charge in [-0.3, -0.25) is 4.98 Å². The molecule has 0 aliphatic carbocycles. The van der Waals surface area contributed by atoms with Gasteiger partial charge in [-0.05, 0) is 19.1 Å². The van der Waals surface area contributed by atoms with E-state index < -0.39 is 6.10 Å².